The Balaban J connectivity index is 2.02. The molecule has 0 aromatic heterocycles. The third-order valence-electron chi connectivity index (χ3n) is 3.82. The van der Waals surface area contributed by atoms with Crippen LogP contribution in [0.25, 0.3) is 6.08 Å². The largest absolute Gasteiger partial charge is 0.333 e. The first-order valence-electron chi connectivity index (χ1n) is 7.81. The zero-order valence-corrected chi connectivity index (χ0v) is 15.1. The number of hydrogen-bond acceptors (Lipinski definition) is 2. The van der Waals surface area contributed by atoms with E-state index in [-0.39, 0.29) is 5.91 Å². The summed E-state index contributed by atoms with van der Waals surface area (Å²) >= 11 is 18.3. The molecule has 1 aliphatic heterocycles. The van der Waals surface area contributed by atoms with Crippen molar-refractivity contribution in [3.8, 4) is 0 Å². The predicted octanol–water partition coefficient (Wildman–Crippen LogP) is 4.39. The molecule has 0 saturated carbocycles. The van der Waals surface area contributed by atoms with Crippen LogP contribution in [0.4, 0.5) is 0 Å². The van der Waals surface area contributed by atoms with Crippen molar-refractivity contribution in [1.82, 2.24) is 10.2 Å². The second kappa shape index (κ2) is 8.93. The Labute approximate surface area is 152 Å². The maximum atomic E-state index is 12.2. The molecule has 2 rings (SSSR count). The molecule has 1 aromatic rings. The van der Waals surface area contributed by atoms with Crippen LogP contribution in [0.15, 0.2) is 36.4 Å². The lowest BCUT2D eigenvalue weighted by Crippen LogP contribution is -2.55. The normalized spacial score (nSPS) is 18.6. The lowest BCUT2D eigenvalue weighted by Gasteiger charge is -2.35. The van der Waals surface area contributed by atoms with E-state index in [1.807, 2.05) is 35.2 Å². The average Bonchev–Trinajstić information content (AvgIpc) is 2.79. The molecular formula is C17H21Cl3N2O. The molecule has 126 valence electrons. The Hall–Kier alpha value is -0.740. The molecule has 1 amide bonds. The van der Waals surface area contributed by atoms with Gasteiger partial charge in [-0.05, 0) is 24.5 Å². The summed E-state index contributed by atoms with van der Waals surface area (Å²) in [5, 5.41) is 2.83. The third-order valence-corrected chi connectivity index (χ3v) is 4.44. The number of carbonyl (C=O) groups excluding carboxylic acids is 1. The van der Waals surface area contributed by atoms with Crippen molar-refractivity contribution in [1.29, 1.82) is 0 Å². The van der Waals surface area contributed by atoms with Gasteiger partial charge in [-0.2, -0.15) is 0 Å². The van der Waals surface area contributed by atoms with E-state index in [0.717, 1.165) is 31.5 Å². The number of rotatable bonds is 4. The van der Waals surface area contributed by atoms with Gasteiger partial charge < -0.3 is 5.32 Å². The number of likely N-dealkylation sites (tertiary alicyclic amines) is 1. The SMILES string of the molecule is O=C(/C=C/c1ccccc1)N[C@H](N1CCCCCC1)C(Cl)(Cl)Cl. The Kier molecular flexibility index (Phi) is 7.22. The number of nitrogens with one attached hydrogen (secondary N) is 1. The van der Waals surface area contributed by atoms with Crippen LogP contribution in [0, 0.1) is 0 Å². The fourth-order valence-corrected chi connectivity index (χ4v) is 3.23. The van der Waals surface area contributed by atoms with E-state index in [1.54, 1.807) is 6.08 Å². The molecule has 23 heavy (non-hydrogen) atoms. The number of amides is 1. The van der Waals surface area contributed by atoms with E-state index in [9.17, 15) is 4.79 Å². The molecule has 0 spiro atoms. The first-order valence-corrected chi connectivity index (χ1v) is 8.94. The summed E-state index contributed by atoms with van der Waals surface area (Å²) in [7, 11) is 0. The van der Waals surface area contributed by atoms with Crippen LogP contribution >= 0.6 is 34.8 Å². The maximum absolute atomic E-state index is 12.2. The lowest BCUT2D eigenvalue weighted by atomic mass is 10.2. The average molecular weight is 376 g/mol. The van der Waals surface area contributed by atoms with E-state index in [0.29, 0.717) is 0 Å². The highest BCUT2D eigenvalue weighted by molar-refractivity contribution is 6.68. The van der Waals surface area contributed by atoms with Crippen molar-refractivity contribution in [3.05, 3.63) is 42.0 Å². The fraction of sp³-hybridized carbons (Fsp3) is 0.471. The van der Waals surface area contributed by atoms with Gasteiger partial charge in [0, 0.05) is 19.2 Å². The molecule has 1 atom stereocenters. The van der Waals surface area contributed by atoms with Gasteiger partial charge in [0.1, 0.15) is 6.17 Å². The van der Waals surface area contributed by atoms with Gasteiger partial charge in [-0.3, -0.25) is 9.69 Å². The Morgan fingerprint density at radius 3 is 2.26 bits per heavy atom. The van der Waals surface area contributed by atoms with E-state index in [1.165, 1.54) is 18.9 Å². The molecule has 0 aliphatic carbocycles. The van der Waals surface area contributed by atoms with Gasteiger partial charge in [-0.1, -0.05) is 78.0 Å². The van der Waals surface area contributed by atoms with Gasteiger partial charge in [-0.15, -0.1) is 0 Å². The minimum absolute atomic E-state index is 0.269. The first-order chi connectivity index (χ1) is 11.0. The molecule has 1 fully saturated rings. The molecule has 0 radical (unpaired) electrons. The standard InChI is InChI=1S/C17H21Cl3N2O/c18-17(19,20)16(22-12-6-1-2-7-13-22)21-15(23)11-10-14-8-4-3-5-9-14/h3-5,8-11,16H,1-2,6-7,12-13H2,(H,21,23)/b11-10+/t16-/m1/s1. The van der Waals surface area contributed by atoms with Crippen LogP contribution in [0.1, 0.15) is 31.2 Å². The van der Waals surface area contributed by atoms with E-state index < -0.39 is 9.96 Å². The molecule has 0 unspecified atom stereocenters. The summed E-state index contributed by atoms with van der Waals surface area (Å²) in [4.78, 5) is 14.3. The van der Waals surface area contributed by atoms with Gasteiger partial charge >= 0.3 is 0 Å². The molecule has 0 bridgehead atoms. The minimum Gasteiger partial charge on any atom is -0.333 e. The van der Waals surface area contributed by atoms with Crippen molar-refractivity contribution < 1.29 is 4.79 Å². The molecule has 1 saturated heterocycles. The molecule has 6 heteroatoms. The van der Waals surface area contributed by atoms with Gasteiger partial charge in [0.15, 0.2) is 0 Å². The topological polar surface area (TPSA) is 32.3 Å². The smallest absolute Gasteiger partial charge is 0.245 e. The lowest BCUT2D eigenvalue weighted by molar-refractivity contribution is -0.118. The first kappa shape index (κ1) is 18.6. The van der Waals surface area contributed by atoms with Crippen molar-refractivity contribution in [3.63, 3.8) is 0 Å². The molecule has 1 aliphatic rings. The number of nitrogens with zero attached hydrogens (tertiary/aromatic N) is 1. The summed E-state index contributed by atoms with van der Waals surface area (Å²) in [6.45, 7) is 1.64. The van der Waals surface area contributed by atoms with Crippen LogP contribution in [0.5, 0.6) is 0 Å². The predicted molar refractivity (Wildman–Crippen MR) is 97.7 cm³/mol. The summed E-state index contributed by atoms with van der Waals surface area (Å²) in [6, 6.07) is 9.60. The molecule has 1 heterocycles. The van der Waals surface area contributed by atoms with E-state index in [2.05, 4.69) is 5.32 Å². The number of benzene rings is 1. The molecule has 1 N–H and O–H groups in total. The van der Waals surface area contributed by atoms with Gasteiger partial charge in [0.05, 0.1) is 0 Å². The summed E-state index contributed by atoms with van der Waals surface area (Å²) < 4.78 is -1.57. The zero-order valence-electron chi connectivity index (χ0n) is 12.9. The number of alkyl halides is 3. The summed E-state index contributed by atoms with van der Waals surface area (Å²) in [5.74, 6) is -0.269. The molecule has 1 aromatic carbocycles. The third kappa shape index (κ3) is 6.34. The van der Waals surface area contributed by atoms with Crippen LogP contribution in [-0.4, -0.2) is 33.9 Å². The molecule has 3 nitrogen and oxygen atoms in total. The monoisotopic (exact) mass is 374 g/mol. The fourth-order valence-electron chi connectivity index (χ4n) is 2.65. The van der Waals surface area contributed by atoms with E-state index >= 15 is 0 Å². The second-order valence-electron chi connectivity index (χ2n) is 5.65. The van der Waals surface area contributed by atoms with Gasteiger partial charge in [0.25, 0.3) is 0 Å². The van der Waals surface area contributed by atoms with Crippen molar-refractivity contribution >= 4 is 46.8 Å². The maximum Gasteiger partial charge on any atom is 0.245 e. The zero-order chi connectivity index (χ0) is 16.7. The van der Waals surface area contributed by atoms with Gasteiger partial charge in [0.2, 0.25) is 9.70 Å². The quantitative estimate of drug-likeness (QED) is 0.625. The van der Waals surface area contributed by atoms with Crippen LogP contribution in [-0.2, 0) is 4.79 Å². The minimum atomic E-state index is -1.57. The Morgan fingerprint density at radius 1 is 1.09 bits per heavy atom. The summed E-state index contributed by atoms with van der Waals surface area (Å²) in [5.41, 5.74) is 0.947. The highest BCUT2D eigenvalue weighted by atomic mass is 35.6. The highest BCUT2D eigenvalue weighted by Gasteiger charge is 2.38. The second-order valence-corrected chi connectivity index (χ2v) is 8.02. The van der Waals surface area contributed by atoms with Gasteiger partial charge in [-0.25, -0.2) is 0 Å². The Bertz CT molecular complexity index is 520. The number of hydrogen-bond donors (Lipinski definition) is 1. The Morgan fingerprint density at radius 2 is 1.70 bits per heavy atom. The molecular weight excluding hydrogens is 355 g/mol. The van der Waals surface area contributed by atoms with E-state index in [4.69, 9.17) is 34.8 Å². The van der Waals surface area contributed by atoms with Crippen LogP contribution in [0.3, 0.4) is 0 Å². The van der Waals surface area contributed by atoms with Crippen molar-refractivity contribution in [2.24, 2.45) is 0 Å². The number of halogens is 3. The van der Waals surface area contributed by atoms with Crippen molar-refractivity contribution in [2.75, 3.05) is 13.1 Å². The van der Waals surface area contributed by atoms with Crippen LogP contribution in [0.2, 0.25) is 0 Å². The highest BCUT2D eigenvalue weighted by Crippen LogP contribution is 2.33. The summed E-state index contributed by atoms with van der Waals surface area (Å²) in [6.07, 6.45) is 7.03. The van der Waals surface area contributed by atoms with Crippen LogP contribution < -0.4 is 5.32 Å². The van der Waals surface area contributed by atoms with Crippen molar-refractivity contribution in [2.45, 2.75) is 35.6 Å². The number of carbonyl (C=O) groups is 1.